The summed E-state index contributed by atoms with van der Waals surface area (Å²) in [5.41, 5.74) is -0.644. The topological polar surface area (TPSA) is 175 Å². The van der Waals surface area contributed by atoms with Gasteiger partial charge in [0.15, 0.2) is 0 Å². The van der Waals surface area contributed by atoms with Gasteiger partial charge in [0.1, 0.15) is 35.1 Å². The number of nitrogens with one attached hydrogen (secondary N) is 2. The van der Waals surface area contributed by atoms with Gasteiger partial charge in [0.25, 0.3) is 0 Å². The van der Waals surface area contributed by atoms with Crippen LogP contribution in [0.3, 0.4) is 0 Å². The summed E-state index contributed by atoms with van der Waals surface area (Å²) < 4.78 is 10.8. The predicted octanol–water partition coefficient (Wildman–Crippen LogP) is 2.52. The number of hydrogen-bond donors (Lipinski definition) is 5. The molecule has 2 rings (SSSR count). The molecule has 0 aliphatic heterocycles. The van der Waals surface area contributed by atoms with Crippen molar-refractivity contribution in [1.82, 2.24) is 15.5 Å². The second kappa shape index (κ2) is 15.5. The zero-order chi connectivity index (χ0) is 33.2. The number of esters is 1. The molecule has 0 saturated heterocycles. The molecule has 0 heterocycles. The van der Waals surface area contributed by atoms with Crippen LogP contribution < -0.4 is 10.6 Å². The minimum absolute atomic E-state index is 0.000840. The van der Waals surface area contributed by atoms with Crippen molar-refractivity contribution in [1.29, 1.82) is 0 Å². The quantitative estimate of drug-likeness (QED) is 0.225. The number of aliphatic hydroxyl groups is 2. The van der Waals surface area contributed by atoms with Gasteiger partial charge in [-0.1, -0.05) is 48.5 Å². The van der Waals surface area contributed by atoms with Gasteiger partial charge in [0, 0.05) is 18.5 Å². The molecule has 0 saturated carbocycles. The zero-order valence-corrected chi connectivity index (χ0v) is 26.4. The predicted molar refractivity (Wildman–Crippen MR) is 163 cm³/mol. The smallest absolute Gasteiger partial charge is 0.408 e. The number of phenols is 1. The van der Waals surface area contributed by atoms with E-state index in [2.05, 4.69) is 10.6 Å². The SMILES string of the molecule is Cc1cccc(C(C(=O)NC(Cc2ccccc2)C(=O)OC(C)(C)C)N(CCO)C(=O)C(CO)NC(=O)OC(C)(C)C)c1O. The molecule has 12 heteroatoms. The Bertz CT molecular complexity index is 1290. The van der Waals surface area contributed by atoms with Gasteiger partial charge in [-0.05, 0) is 59.6 Å². The van der Waals surface area contributed by atoms with E-state index < -0.39 is 73.0 Å². The first-order valence-corrected chi connectivity index (χ1v) is 14.3. The molecule has 2 aromatic carbocycles. The molecule has 44 heavy (non-hydrogen) atoms. The molecule has 3 unspecified atom stereocenters. The van der Waals surface area contributed by atoms with E-state index in [0.717, 1.165) is 10.5 Å². The lowest BCUT2D eigenvalue weighted by atomic mass is 9.98. The van der Waals surface area contributed by atoms with Crippen LogP contribution in [0, 0.1) is 6.92 Å². The number of phenolic OH excluding ortho intramolecular Hbond substituents is 1. The second-order valence-electron chi connectivity index (χ2n) is 12.3. The molecule has 5 N–H and O–H groups in total. The van der Waals surface area contributed by atoms with Gasteiger partial charge in [-0.3, -0.25) is 9.59 Å². The van der Waals surface area contributed by atoms with Gasteiger partial charge >= 0.3 is 12.1 Å². The molecule has 0 bridgehead atoms. The van der Waals surface area contributed by atoms with E-state index in [1.165, 1.54) is 6.07 Å². The van der Waals surface area contributed by atoms with Crippen molar-refractivity contribution in [3.63, 3.8) is 0 Å². The number of carbonyl (C=O) groups excluding carboxylic acids is 4. The molecule has 0 aliphatic rings. The molecule has 3 atom stereocenters. The Balaban J connectivity index is 2.58. The Morgan fingerprint density at radius 2 is 1.45 bits per heavy atom. The van der Waals surface area contributed by atoms with Crippen LogP contribution in [0.1, 0.15) is 64.3 Å². The fraction of sp³-hybridized carbons (Fsp3) is 0.500. The largest absolute Gasteiger partial charge is 0.507 e. The van der Waals surface area contributed by atoms with Gasteiger partial charge in [-0.2, -0.15) is 0 Å². The van der Waals surface area contributed by atoms with Crippen LogP contribution >= 0.6 is 0 Å². The molecule has 2 aromatic rings. The molecule has 12 nitrogen and oxygen atoms in total. The van der Waals surface area contributed by atoms with Crippen LogP contribution in [0.5, 0.6) is 5.75 Å². The van der Waals surface area contributed by atoms with Crippen molar-refractivity contribution in [2.75, 3.05) is 19.8 Å². The molecule has 0 fully saturated rings. The number of benzene rings is 2. The molecule has 3 amide bonds. The van der Waals surface area contributed by atoms with Gasteiger partial charge in [-0.15, -0.1) is 0 Å². The maximum Gasteiger partial charge on any atom is 0.408 e. The molecule has 0 aliphatic carbocycles. The lowest BCUT2D eigenvalue weighted by Crippen LogP contribution is -2.56. The number of rotatable bonds is 12. The average Bonchev–Trinajstić information content (AvgIpc) is 2.91. The van der Waals surface area contributed by atoms with Crippen LogP contribution in [0.4, 0.5) is 4.79 Å². The van der Waals surface area contributed by atoms with Crippen molar-refractivity contribution in [2.45, 2.75) is 84.2 Å². The number of aryl methyl sites for hydroxylation is 1. The molecular formula is C32H45N3O9. The number of para-hydroxylation sites is 1. The van der Waals surface area contributed by atoms with E-state index >= 15 is 0 Å². The van der Waals surface area contributed by atoms with Crippen molar-refractivity contribution in [3.05, 3.63) is 65.2 Å². The second-order valence-corrected chi connectivity index (χ2v) is 12.3. The lowest BCUT2D eigenvalue weighted by Gasteiger charge is -2.35. The van der Waals surface area contributed by atoms with Gasteiger partial charge in [0.2, 0.25) is 11.8 Å². The normalized spacial score (nSPS) is 13.7. The van der Waals surface area contributed by atoms with E-state index in [-0.39, 0.29) is 17.7 Å². The third-order valence-corrected chi connectivity index (χ3v) is 6.21. The first kappa shape index (κ1) is 36.0. The van der Waals surface area contributed by atoms with Crippen LogP contribution in [0.15, 0.2) is 48.5 Å². The fourth-order valence-corrected chi connectivity index (χ4v) is 4.33. The van der Waals surface area contributed by atoms with Crippen LogP contribution in [0.2, 0.25) is 0 Å². The Morgan fingerprint density at radius 3 is 2.00 bits per heavy atom. The van der Waals surface area contributed by atoms with E-state index in [9.17, 15) is 34.5 Å². The fourth-order valence-electron chi connectivity index (χ4n) is 4.33. The highest BCUT2D eigenvalue weighted by Crippen LogP contribution is 2.32. The standard InChI is InChI=1S/C32H45N3O9/c1-20-12-11-15-22(26(20)38)25(35(16-17-36)28(40)24(19-37)34-30(42)44-32(5,6)7)27(39)33-23(29(41)43-31(2,3)4)18-21-13-9-8-10-14-21/h8-15,23-25,36-38H,16-19H2,1-7H3,(H,33,39)(H,34,42). The summed E-state index contributed by atoms with van der Waals surface area (Å²) in [7, 11) is 0. The summed E-state index contributed by atoms with van der Waals surface area (Å²) >= 11 is 0. The van der Waals surface area contributed by atoms with Crippen molar-refractivity contribution < 1.29 is 44.0 Å². The molecule has 0 aromatic heterocycles. The summed E-state index contributed by atoms with van der Waals surface area (Å²) in [4.78, 5) is 54.6. The lowest BCUT2D eigenvalue weighted by molar-refractivity contribution is -0.159. The highest BCUT2D eigenvalue weighted by Gasteiger charge is 2.39. The number of ether oxygens (including phenoxy) is 2. The van der Waals surface area contributed by atoms with Gasteiger partial charge < -0.3 is 40.3 Å². The Labute approximate surface area is 258 Å². The van der Waals surface area contributed by atoms with Crippen molar-refractivity contribution in [3.8, 4) is 5.75 Å². The summed E-state index contributed by atoms with van der Waals surface area (Å²) in [6, 6.07) is 9.19. The highest BCUT2D eigenvalue weighted by molar-refractivity contribution is 5.94. The zero-order valence-electron chi connectivity index (χ0n) is 26.4. The number of aliphatic hydroxyl groups excluding tert-OH is 2. The highest BCUT2D eigenvalue weighted by atomic mass is 16.6. The molecule has 0 spiro atoms. The van der Waals surface area contributed by atoms with Crippen LogP contribution in [-0.4, -0.2) is 87.1 Å². The van der Waals surface area contributed by atoms with Crippen molar-refractivity contribution in [2.24, 2.45) is 0 Å². The van der Waals surface area contributed by atoms with Gasteiger partial charge in [-0.25, -0.2) is 9.59 Å². The minimum Gasteiger partial charge on any atom is -0.507 e. The molecule has 242 valence electrons. The Kier molecular flexibility index (Phi) is 12.7. The van der Waals surface area contributed by atoms with E-state index in [4.69, 9.17) is 9.47 Å². The molecular weight excluding hydrogens is 570 g/mol. The summed E-state index contributed by atoms with van der Waals surface area (Å²) in [5, 5.41) is 36.0. The first-order chi connectivity index (χ1) is 20.5. The monoisotopic (exact) mass is 615 g/mol. The first-order valence-electron chi connectivity index (χ1n) is 14.3. The number of nitrogens with zero attached hydrogens (tertiary/aromatic N) is 1. The maximum absolute atomic E-state index is 14.1. The van der Waals surface area contributed by atoms with Crippen LogP contribution in [-0.2, 0) is 30.3 Å². The van der Waals surface area contributed by atoms with E-state index in [1.807, 2.05) is 6.07 Å². The van der Waals surface area contributed by atoms with E-state index in [0.29, 0.717) is 5.56 Å². The Hall–Kier alpha value is -4.16. The third kappa shape index (κ3) is 10.8. The Morgan fingerprint density at radius 1 is 0.841 bits per heavy atom. The summed E-state index contributed by atoms with van der Waals surface area (Å²) in [5.74, 6) is -2.82. The summed E-state index contributed by atoms with van der Waals surface area (Å²) in [6.45, 7) is 9.65. The number of hydrogen-bond acceptors (Lipinski definition) is 9. The van der Waals surface area contributed by atoms with Crippen LogP contribution in [0.25, 0.3) is 0 Å². The van der Waals surface area contributed by atoms with E-state index in [1.54, 1.807) is 84.9 Å². The maximum atomic E-state index is 14.1. The molecule has 0 radical (unpaired) electrons. The van der Waals surface area contributed by atoms with Gasteiger partial charge in [0.05, 0.1) is 13.2 Å². The number of carbonyl (C=O) groups is 4. The van der Waals surface area contributed by atoms with Crippen molar-refractivity contribution >= 4 is 23.9 Å². The number of alkyl carbamates (subject to hydrolysis) is 1. The third-order valence-electron chi connectivity index (χ3n) is 6.21. The number of amides is 3. The minimum atomic E-state index is -1.59. The average molecular weight is 616 g/mol. The summed E-state index contributed by atoms with van der Waals surface area (Å²) in [6.07, 6.45) is -0.928. The number of aromatic hydroxyl groups is 1.